The smallest absolute Gasteiger partial charge is 0.223 e. The lowest BCUT2D eigenvalue weighted by Gasteiger charge is -2.29. The zero-order chi connectivity index (χ0) is 50.7. The van der Waals surface area contributed by atoms with Gasteiger partial charge in [0.05, 0.1) is 23.7 Å². The van der Waals surface area contributed by atoms with E-state index in [0.29, 0.717) is 0 Å². The number of hydrogen-bond acceptors (Lipinski definition) is 11. The predicted molar refractivity (Wildman–Crippen MR) is 248 cm³/mol. The molecule has 0 aliphatic rings. The molecule has 0 aromatic heterocycles. The molecular weight excluding hydrogens is 809 g/mol. The van der Waals surface area contributed by atoms with Crippen LogP contribution < -0.4 is 21.3 Å². The Kier molecular flexibility index (Phi) is 34.7. The van der Waals surface area contributed by atoms with Crippen molar-refractivity contribution in [1.29, 1.82) is 0 Å². The molecule has 0 aromatic rings. The van der Waals surface area contributed by atoms with E-state index in [1.807, 2.05) is 62.3 Å². The highest BCUT2D eigenvalue weighted by Crippen LogP contribution is 2.13. The van der Waals surface area contributed by atoms with Crippen molar-refractivity contribution in [3.63, 3.8) is 0 Å². The van der Waals surface area contributed by atoms with Gasteiger partial charge in [-0.3, -0.25) is 38.4 Å². The van der Waals surface area contributed by atoms with Gasteiger partial charge >= 0.3 is 0 Å². The van der Waals surface area contributed by atoms with Crippen molar-refractivity contribution in [3.05, 3.63) is 0 Å². The normalized spacial score (nSPS) is 14.7. The van der Waals surface area contributed by atoms with Crippen molar-refractivity contribution in [1.82, 2.24) is 21.3 Å². The molecule has 15 heteroatoms. The monoisotopic (exact) mass is 897 g/mol. The van der Waals surface area contributed by atoms with Gasteiger partial charge in [0.15, 0.2) is 23.1 Å². The third-order valence-electron chi connectivity index (χ3n) is 10.0. The Balaban J connectivity index is -0.000000368. The Morgan fingerprint density at radius 2 is 0.651 bits per heavy atom. The molecule has 0 aliphatic heterocycles. The van der Waals surface area contributed by atoms with Crippen molar-refractivity contribution in [2.45, 2.75) is 207 Å². The molecule has 15 nitrogen and oxygen atoms in total. The van der Waals surface area contributed by atoms with Gasteiger partial charge in [0.25, 0.3) is 0 Å². The van der Waals surface area contributed by atoms with Crippen LogP contribution in [0.5, 0.6) is 0 Å². The number of ketones is 6. The molecule has 0 saturated carbocycles. The first-order chi connectivity index (χ1) is 28.6. The van der Waals surface area contributed by atoms with Gasteiger partial charge in [-0.1, -0.05) is 95.9 Å². The maximum Gasteiger partial charge on any atom is 0.223 e. The molecule has 8 atom stereocenters. The average Bonchev–Trinajstić information content (AvgIpc) is 3.12. The van der Waals surface area contributed by atoms with Gasteiger partial charge in [-0.15, -0.1) is 0 Å². The van der Waals surface area contributed by atoms with Gasteiger partial charge in [0, 0.05) is 36.5 Å². The summed E-state index contributed by atoms with van der Waals surface area (Å²) in [6.45, 7) is 34.3. The van der Waals surface area contributed by atoms with Crippen LogP contribution in [0.3, 0.4) is 0 Å². The number of aliphatic hydroxyl groups is 1. The van der Waals surface area contributed by atoms with Crippen LogP contribution in [0.25, 0.3) is 0 Å². The second kappa shape index (κ2) is 33.4. The maximum absolute atomic E-state index is 11.7. The van der Waals surface area contributed by atoms with Gasteiger partial charge in [0.2, 0.25) is 23.6 Å². The number of carbonyl (C=O) groups is 10. The summed E-state index contributed by atoms with van der Waals surface area (Å²) in [5, 5.41) is 20.5. The van der Waals surface area contributed by atoms with Crippen molar-refractivity contribution >= 4 is 58.3 Å². The topological polar surface area (TPSA) is 239 Å². The van der Waals surface area contributed by atoms with E-state index in [9.17, 15) is 53.1 Å². The third-order valence-corrected chi connectivity index (χ3v) is 10.0. The van der Waals surface area contributed by atoms with E-state index in [-0.39, 0.29) is 119 Å². The quantitative estimate of drug-likeness (QED) is 0.0744. The van der Waals surface area contributed by atoms with Crippen LogP contribution in [0, 0.1) is 41.4 Å². The Hall–Kier alpha value is -4.14. The van der Waals surface area contributed by atoms with Crippen LogP contribution in [0.4, 0.5) is 0 Å². The first-order valence-electron chi connectivity index (χ1n) is 22.5. The van der Waals surface area contributed by atoms with Gasteiger partial charge in [-0.05, 0) is 86.0 Å². The van der Waals surface area contributed by atoms with Gasteiger partial charge in [0.1, 0.15) is 17.6 Å². The number of Topliss-reactive ketones (excluding diaryl/α,β-unsaturated/α-hetero) is 6. The minimum atomic E-state index is -1.23. The zero-order valence-electron chi connectivity index (χ0n) is 42.6. The van der Waals surface area contributed by atoms with Crippen molar-refractivity contribution < 1.29 is 53.1 Å². The molecule has 366 valence electrons. The van der Waals surface area contributed by atoms with Crippen LogP contribution in [0.1, 0.15) is 177 Å². The molecule has 0 aromatic carbocycles. The van der Waals surface area contributed by atoms with E-state index in [1.54, 1.807) is 13.8 Å². The second-order valence-electron chi connectivity index (χ2n) is 18.7. The molecular formula is C48H88N4O11. The molecule has 0 bridgehead atoms. The van der Waals surface area contributed by atoms with E-state index in [0.717, 1.165) is 25.7 Å². The summed E-state index contributed by atoms with van der Waals surface area (Å²) in [5.74, 6) is -1.62. The van der Waals surface area contributed by atoms with Crippen LogP contribution in [0.2, 0.25) is 0 Å². The fourth-order valence-electron chi connectivity index (χ4n) is 6.34. The minimum Gasteiger partial charge on any atom is -0.388 e. The first-order valence-corrected chi connectivity index (χ1v) is 22.5. The van der Waals surface area contributed by atoms with Crippen LogP contribution in [-0.2, 0) is 47.9 Å². The summed E-state index contributed by atoms with van der Waals surface area (Å²) in [7, 11) is 0. The molecule has 0 spiro atoms. The van der Waals surface area contributed by atoms with Crippen LogP contribution >= 0.6 is 0 Å². The Morgan fingerprint density at radius 1 is 0.413 bits per heavy atom. The second-order valence-corrected chi connectivity index (χ2v) is 18.7. The van der Waals surface area contributed by atoms with Gasteiger partial charge in [-0.2, -0.15) is 0 Å². The Bertz CT molecular complexity index is 1420. The third kappa shape index (κ3) is 31.4. The molecule has 4 amide bonds. The summed E-state index contributed by atoms with van der Waals surface area (Å²) in [6.07, 6.45) is 3.99. The first kappa shape index (κ1) is 65.5. The lowest BCUT2D eigenvalue weighted by Crippen LogP contribution is -2.54. The van der Waals surface area contributed by atoms with Crippen LogP contribution in [0.15, 0.2) is 0 Å². The van der Waals surface area contributed by atoms with E-state index in [4.69, 9.17) is 0 Å². The molecule has 0 saturated heterocycles. The molecule has 63 heavy (non-hydrogen) atoms. The van der Waals surface area contributed by atoms with Crippen molar-refractivity contribution in [3.8, 4) is 0 Å². The number of hydrogen-bond donors (Lipinski definition) is 5. The SMILES string of the molecule is CC(=O)C[C@H](C)C(=O)N[C@H](C(C)=O)C(C)C.CC(=O)C[C@H](C)C(=O)N[C@H](C(C)=O)C(C)C.CCC[C@H](C)C(=O)N[C@H](C(C)=O)C(C)(C)O.CCC[C@H](C)C(=O)N[C@H](C(C)=O)C(C)C. The fourth-order valence-corrected chi connectivity index (χ4v) is 6.34. The van der Waals surface area contributed by atoms with Gasteiger partial charge < -0.3 is 36.0 Å². The maximum atomic E-state index is 11.7. The summed E-state index contributed by atoms with van der Waals surface area (Å²) in [4.78, 5) is 114. The Morgan fingerprint density at radius 3 is 0.825 bits per heavy atom. The van der Waals surface area contributed by atoms with Crippen molar-refractivity contribution in [2.75, 3.05) is 0 Å². The van der Waals surface area contributed by atoms with Crippen molar-refractivity contribution in [2.24, 2.45) is 41.4 Å². The van der Waals surface area contributed by atoms with E-state index < -0.39 is 23.7 Å². The molecule has 5 N–H and O–H groups in total. The van der Waals surface area contributed by atoms with E-state index >= 15 is 0 Å². The fraction of sp³-hybridized carbons (Fsp3) is 0.792. The average molecular weight is 897 g/mol. The lowest BCUT2D eigenvalue weighted by molar-refractivity contribution is -0.134. The standard InChI is InChI=1S/2C12H21NO3.C12H23NO3.C12H23NO2/c2*1-7(2)11(10(5)15)13-12(16)8(3)6-9(4)14;1-6-7-8(2)11(15)13-10(9(3)14)12(4,5)16;1-6-7-9(4)12(15)13-11(8(2)3)10(5)14/h2*7-8,11H,6H2,1-5H3,(H,13,16);8,10,16H,6-7H2,1-5H3,(H,13,15);8-9,11H,6-7H2,1-5H3,(H,13,15)/t2*8-,11-;8-,10+;9-,11-/m0000/s1. The van der Waals surface area contributed by atoms with E-state index in [2.05, 4.69) is 28.2 Å². The molecule has 0 radical (unpaired) electrons. The molecule has 0 aliphatic carbocycles. The Labute approximate surface area is 380 Å². The highest BCUT2D eigenvalue weighted by atomic mass is 16.3. The predicted octanol–water partition coefficient (Wildman–Crippen LogP) is 6.08. The van der Waals surface area contributed by atoms with Crippen LogP contribution in [-0.4, -0.2) is 93.2 Å². The molecule has 0 unspecified atom stereocenters. The number of rotatable bonds is 24. The summed E-state index contributed by atoms with van der Waals surface area (Å²) in [6, 6.07) is -2.08. The zero-order valence-corrected chi connectivity index (χ0v) is 42.6. The molecule has 0 rings (SSSR count). The summed E-state index contributed by atoms with van der Waals surface area (Å²) >= 11 is 0. The summed E-state index contributed by atoms with van der Waals surface area (Å²) in [5.41, 5.74) is -1.23. The van der Waals surface area contributed by atoms with Gasteiger partial charge in [-0.25, -0.2) is 0 Å². The molecule has 0 fully saturated rings. The lowest BCUT2D eigenvalue weighted by atomic mass is 9.94. The number of amides is 4. The van der Waals surface area contributed by atoms with E-state index in [1.165, 1.54) is 55.4 Å². The summed E-state index contributed by atoms with van der Waals surface area (Å²) < 4.78 is 0. The largest absolute Gasteiger partial charge is 0.388 e. The minimum absolute atomic E-state index is 0.00407. The number of nitrogens with one attached hydrogen (secondary N) is 4. The highest BCUT2D eigenvalue weighted by molar-refractivity contribution is 5.92. The number of carbonyl (C=O) groups excluding carboxylic acids is 10. The highest BCUT2D eigenvalue weighted by Gasteiger charge is 2.33. The molecule has 0 heterocycles.